The maximum absolute atomic E-state index is 5.81. The molecular weight excluding hydrogens is 242 g/mol. The average molecular weight is 254 g/mol. The Kier molecular flexibility index (Phi) is 3.38. The number of imidazole rings is 1. The summed E-state index contributed by atoms with van der Waals surface area (Å²) in [5.74, 6) is 0.945. The number of H-pyrrole nitrogens is 1. The Bertz CT molecular complexity index is 482. The maximum Gasteiger partial charge on any atom is 0.230 e. The van der Waals surface area contributed by atoms with Gasteiger partial charge in [-0.25, -0.2) is 4.98 Å². The summed E-state index contributed by atoms with van der Waals surface area (Å²) in [6, 6.07) is 0. The molecule has 0 aromatic carbocycles. The lowest BCUT2D eigenvalue weighted by Crippen LogP contribution is -2.15. The van der Waals surface area contributed by atoms with E-state index < -0.39 is 0 Å². The third-order valence-electron chi connectivity index (χ3n) is 1.99. The van der Waals surface area contributed by atoms with Crippen LogP contribution in [0.3, 0.4) is 0 Å². The highest BCUT2D eigenvalue weighted by molar-refractivity contribution is 6.28. The molecule has 0 aliphatic carbocycles. The van der Waals surface area contributed by atoms with E-state index in [4.69, 9.17) is 11.6 Å². The third-order valence-corrected chi connectivity index (χ3v) is 2.16. The molecule has 90 valence electrons. The fraction of sp³-hybridized carbons (Fsp3) is 0.333. The van der Waals surface area contributed by atoms with Gasteiger partial charge >= 0.3 is 0 Å². The molecule has 0 radical (unpaired) electrons. The van der Waals surface area contributed by atoms with Crippen molar-refractivity contribution in [2.45, 2.75) is 6.54 Å². The summed E-state index contributed by atoms with van der Waals surface area (Å²) in [6.45, 7) is 0.549. The Labute approximate surface area is 103 Å². The van der Waals surface area contributed by atoms with Gasteiger partial charge in [0.25, 0.3) is 0 Å². The van der Waals surface area contributed by atoms with Gasteiger partial charge in [-0.2, -0.15) is 15.0 Å². The van der Waals surface area contributed by atoms with Gasteiger partial charge < -0.3 is 15.2 Å². The van der Waals surface area contributed by atoms with Crippen molar-refractivity contribution >= 4 is 23.5 Å². The zero-order chi connectivity index (χ0) is 12.3. The van der Waals surface area contributed by atoms with Crippen molar-refractivity contribution in [2.75, 3.05) is 24.3 Å². The first kappa shape index (κ1) is 11.6. The predicted octanol–water partition coefficient (Wildman–Crippen LogP) is 0.926. The van der Waals surface area contributed by atoms with Gasteiger partial charge in [-0.1, -0.05) is 0 Å². The SMILES string of the molecule is CN(C)c1nc(Cl)nc(NCc2cnc[nH]2)n1. The minimum atomic E-state index is 0.163. The highest BCUT2D eigenvalue weighted by Gasteiger charge is 2.06. The molecular formula is C9H12ClN7. The minimum Gasteiger partial charge on any atom is -0.348 e. The zero-order valence-electron chi connectivity index (χ0n) is 9.48. The second kappa shape index (κ2) is 4.96. The summed E-state index contributed by atoms with van der Waals surface area (Å²) in [4.78, 5) is 20.8. The lowest BCUT2D eigenvalue weighted by molar-refractivity contribution is 0.936. The standard InChI is InChI=1S/C9H12ClN7/c1-17(2)9-15-7(10)14-8(16-9)12-4-6-3-11-5-13-6/h3,5H,4H2,1-2H3,(H,11,13)(H,12,14,15,16). The van der Waals surface area contributed by atoms with E-state index in [1.807, 2.05) is 14.1 Å². The minimum absolute atomic E-state index is 0.163. The molecule has 2 aromatic heterocycles. The van der Waals surface area contributed by atoms with E-state index in [9.17, 15) is 0 Å². The summed E-state index contributed by atoms with van der Waals surface area (Å²) < 4.78 is 0. The van der Waals surface area contributed by atoms with Crippen LogP contribution in [0.5, 0.6) is 0 Å². The van der Waals surface area contributed by atoms with Gasteiger partial charge in [-0.3, -0.25) is 0 Å². The van der Waals surface area contributed by atoms with E-state index in [2.05, 4.69) is 30.2 Å². The van der Waals surface area contributed by atoms with Crippen molar-refractivity contribution in [1.82, 2.24) is 24.9 Å². The first-order valence-corrected chi connectivity index (χ1v) is 5.33. The number of hydrogen-bond acceptors (Lipinski definition) is 6. The normalized spacial score (nSPS) is 10.3. The summed E-state index contributed by atoms with van der Waals surface area (Å²) in [5.41, 5.74) is 0.938. The lowest BCUT2D eigenvalue weighted by atomic mass is 10.5. The van der Waals surface area contributed by atoms with Gasteiger partial charge in [-0.05, 0) is 11.6 Å². The molecule has 2 rings (SSSR count). The third kappa shape index (κ3) is 3.04. The van der Waals surface area contributed by atoms with Crippen molar-refractivity contribution in [3.05, 3.63) is 23.5 Å². The number of rotatable bonds is 4. The molecule has 0 atom stereocenters. The number of aromatic amines is 1. The van der Waals surface area contributed by atoms with Gasteiger partial charge in [-0.15, -0.1) is 0 Å². The molecule has 2 aromatic rings. The van der Waals surface area contributed by atoms with Crippen LogP contribution in [0.1, 0.15) is 5.69 Å². The Morgan fingerprint density at radius 2 is 2.18 bits per heavy atom. The van der Waals surface area contributed by atoms with E-state index in [-0.39, 0.29) is 5.28 Å². The number of hydrogen-bond donors (Lipinski definition) is 2. The molecule has 8 heteroatoms. The molecule has 0 aliphatic heterocycles. The van der Waals surface area contributed by atoms with Crippen LogP contribution in [0.15, 0.2) is 12.5 Å². The number of halogens is 1. The monoisotopic (exact) mass is 253 g/mol. The number of anilines is 2. The van der Waals surface area contributed by atoms with Crippen LogP contribution in [0.25, 0.3) is 0 Å². The second-order valence-electron chi connectivity index (χ2n) is 3.55. The van der Waals surface area contributed by atoms with Crippen molar-refractivity contribution in [3.63, 3.8) is 0 Å². The molecule has 0 saturated carbocycles. The molecule has 0 aliphatic rings. The topological polar surface area (TPSA) is 82.6 Å². The molecule has 7 nitrogen and oxygen atoms in total. The van der Waals surface area contributed by atoms with Gasteiger partial charge in [0.05, 0.1) is 18.6 Å². The predicted molar refractivity (Wildman–Crippen MR) is 65.1 cm³/mol. The largest absolute Gasteiger partial charge is 0.348 e. The smallest absolute Gasteiger partial charge is 0.230 e. The Balaban J connectivity index is 2.10. The lowest BCUT2D eigenvalue weighted by Gasteiger charge is -2.11. The highest BCUT2D eigenvalue weighted by atomic mass is 35.5. The molecule has 17 heavy (non-hydrogen) atoms. The quantitative estimate of drug-likeness (QED) is 0.843. The number of aromatic nitrogens is 5. The first-order chi connectivity index (χ1) is 8.15. The maximum atomic E-state index is 5.81. The fourth-order valence-electron chi connectivity index (χ4n) is 1.17. The van der Waals surface area contributed by atoms with Crippen LogP contribution < -0.4 is 10.2 Å². The fourth-order valence-corrected chi connectivity index (χ4v) is 1.33. The van der Waals surface area contributed by atoms with E-state index in [0.29, 0.717) is 18.4 Å². The van der Waals surface area contributed by atoms with Crippen LogP contribution in [0, 0.1) is 0 Å². The van der Waals surface area contributed by atoms with E-state index >= 15 is 0 Å². The van der Waals surface area contributed by atoms with Gasteiger partial charge in [0.15, 0.2) is 0 Å². The number of nitrogens with one attached hydrogen (secondary N) is 2. The van der Waals surface area contributed by atoms with E-state index in [1.165, 1.54) is 0 Å². The van der Waals surface area contributed by atoms with Crippen LogP contribution in [0.2, 0.25) is 5.28 Å². The Morgan fingerprint density at radius 3 is 2.82 bits per heavy atom. The summed E-state index contributed by atoms with van der Waals surface area (Å²) in [7, 11) is 3.68. The van der Waals surface area contributed by atoms with E-state index in [1.54, 1.807) is 17.4 Å². The Morgan fingerprint density at radius 1 is 1.35 bits per heavy atom. The highest BCUT2D eigenvalue weighted by Crippen LogP contribution is 2.11. The molecule has 0 unspecified atom stereocenters. The summed E-state index contributed by atoms with van der Waals surface area (Å²) in [5, 5.41) is 3.20. The van der Waals surface area contributed by atoms with Gasteiger partial charge in [0.1, 0.15) is 0 Å². The second-order valence-corrected chi connectivity index (χ2v) is 3.89. The van der Waals surface area contributed by atoms with Gasteiger partial charge in [0.2, 0.25) is 17.2 Å². The molecule has 0 amide bonds. The molecule has 0 spiro atoms. The van der Waals surface area contributed by atoms with Crippen LogP contribution in [-0.2, 0) is 6.54 Å². The molecule has 0 bridgehead atoms. The Hall–Kier alpha value is -1.89. The van der Waals surface area contributed by atoms with Crippen LogP contribution in [0.4, 0.5) is 11.9 Å². The summed E-state index contributed by atoms with van der Waals surface area (Å²) >= 11 is 5.81. The molecule has 2 N–H and O–H groups in total. The van der Waals surface area contributed by atoms with E-state index in [0.717, 1.165) is 5.69 Å². The van der Waals surface area contributed by atoms with Gasteiger partial charge in [0, 0.05) is 20.3 Å². The molecule has 2 heterocycles. The average Bonchev–Trinajstić information content (AvgIpc) is 2.78. The van der Waals surface area contributed by atoms with Crippen molar-refractivity contribution in [3.8, 4) is 0 Å². The summed E-state index contributed by atoms with van der Waals surface area (Å²) in [6.07, 6.45) is 3.34. The van der Waals surface area contributed by atoms with Crippen molar-refractivity contribution in [1.29, 1.82) is 0 Å². The zero-order valence-corrected chi connectivity index (χ0v) is 10.2. The van der Waals surface area contributed by atoms with Crippen molar-refractivity contribution < 1.29 is 0 Å². The molecule has 0 saturated heterocycles. The van der Waals surface area contributed by atoms with Crippen LogP contribution >= 0.6 is 11.6 Å². The van der Waals surface area contributed by atoms with Crippen LogP contribution in [-0.4, -0.2) is 39.0 Å². The number of nitrogens with zero attached hydrogens (tertiary/aromatic N) is 5. The van der Waals surface area contributed by atoms with Crippen molar-refractivity contribution in [2.24, 2.45) is 0 Å². The first-order valence-electron chi connectivity index (χ1n) is 4.95. The molecule has 0 fully saturated rings.